The van der Waals surface area contributed by atoms with E-state index in [-0.39, 0.29) is 0 Å². The Morgan fingerprint density at radius 1 is 1.37 bits per heavy atom. The Labute approximate surface area is 121 Å². The highest BCUT2D eigenvalue weighted by Crippen LogP contribution is 2.36. The van der Waals surface area contributed by atoms with Crippen molar-refractivity contribution in [1.82, 2.24) is 9.97 Å². The van der Waals surface area contributed by atoms with E-state index in [2.05, 4.69) is 27.6 Å². The van der Waals surface area contributed by atoms with Crippen LogP contribution in [-0.4, -0.2) is 37.7 Å². The Morgan fingerprint density at radius 3 is 2.79 bits per heavy atom. The van der Waals surface area contributed by atoms with Crippen LogP contribution in [0.25, 0.3) is 10.6 Å². The van der Waals surface area contributed by atoms with Gasteiger partial charge in [-0.1, -0.05) is 11.3 Å². The highest BCUT2D eigenvalue weighted by molar-refractivity contribution is 7.19. The summed E-state index contributed by atoms with van der Waals surface area (Å²) in [6.45, 7) is 3.45. The minimum atomic E-state index is 0.508. The second-order valence-corrected chi connectivity index (χ2v) is 6.00. The van der Waals surface area contributed by atoms with Gasteiger partial charge in [0.25, 0.3) is 0 Å². The van der Waals surface area contributed by atoms with E-state index < -0.39 is 0 Å². The van der Waals surface area contributed by atoms with Crippen LogP contribution in [-0.2, 0) is 11.3 Å². The van der Waals surface area contributed by atoms with E-state index in [1.807, 2.05) is 19.0 Å². The van der Waals surface area contributed by atoms with Crippen LogP contribution in [0.2, 0.25) is 0 Å². The lowest BCUT2D eigenvalue weighted by Crippen LogP contribution is -2.08. The van der Waals surface area contributed by atoms with Crippen molar-refractivity contribution in [1.29, 1.82) is 0 Å². The third-order valence-corrected chi connectivity index (χ3v) is 4.50. The van der Waals surface area contributed by atoms with Gasteiger partial charge in [-0.3, -0.25) is 0 Å². The molecular weight excluding hydrogens is 280 g/mol. The summed E-state index contributed by atoms with van der Waals surface area (Å²) in [5.41, 5.74) is 1.92. The van der Waals surface area contributed by atoms with Crippen molar-refractivity contribution in [2.24, 2.45) is 0 Å². The lowest BCUT2D eigenvalue weighted by molar-refractivity contribution is 0.182. The molecule has 0 saturated carbocycles. The van der Waals surface area contributed by atoms with Gasteiger partial charge in [0, 0.05) is 33.1 Å². The summed E-state index contributed by atoms with van der Waals surface area (Å²) in [6.07, 6.45) is 0. The molecule has 0 amide bonds. The number of thiazole rings is 2. The molecule has 1 N–H and O–H groups in total. The molecule has 0 fully saturated rings. The standard InChI is InChI=1S/C12H18N4OS2/c1-5-13-11-14-9(7-18-11)10-8(6-17-4)15-12(19-10)16(2)3/h7H,5-6H2,1-4H3,(H,13,14). The quantitative estimate of drug-likeness (QED) is 0.888. The first-order valence-corrected chi connectivity index (χ1v) is 7.71. The van der Waals surface area contributed by atoms with Crippen LogP contribution in [0, 0.1) is 0 Å². The van der Waals surface area contributed by atoms with Crippen LogP contribution in [0.5, 0.6) is 0 Å². The summed E-state index contributed by atoms with van der Waals surface area (Å²) in [5.74, 6) is 0. The Morgan fingerprint density at radius 2 is 2.16 bits per heavy atom. The fourth-order valence-electron chi connectivity index (χ4n) is 1.58. The summed E-state index contributed by atoms with van der Waals surface area (Å²) >= 11 is 3.26. The largest absolute Gasteiger partial charge is 0.378 e. The summed E-state index contributed by atoms with van der Waals surface area (Å²) in [7, 11) is 5.66. The van der Waals surface area contributed by atoms with Gasteiger partial charge in [-0.25, -0.2) is 9.97 Å². The zero-order valence-corrected chi connectivity index (χ0v) is 13.2. The number of rotatable bonds is 6. The van der Waals surface area contributed by atoms with E-state index in [0.29, 0.717) is 6.61 Å². The first-order valence-electron chi connectivity index (χ1n) is 6.01. The van der Waals surface area contributed by atoms with Crippen molar-refractivity contribution in [3.8, 4) is 10.6 Å². The topological polar surface area (TPSA) is 50.3 Å². The molecule has 0 saturated heterocycles. The highest BCUT2D eigenvalue weighted by atomic mass is 32.1. The molecule has 0 atom stereocenters. The molecule has 0 bridgehead atoms. The van der Waals surface area contributed by atoms with E-state index in [9.17, 15) is 0 Å². The van der Waals surface area contributed by atoms with Gasteiger partial charge in [-0.2, -0.15) is 0 Å². The molecule has 0 spiro atoms. The first-order chi connectivity index (χ1) is 9.15. The van der Waals surface area contributed by atoms with Crippen LogP contribution in [0.4, 0.5) is 10.3 Å². The highest BCUT2D eigenvalue weighted by Gasteiger charge is 2.16. The molecule has 0 aromatic carbocycles. The van der Waals surface area contributed by atoms with E-state index in [1.165, 1.54) is 0 Å². The molecular formula is C12H18N4OS2. The van der Waals surface area contributed by atoms with Crippen molar-refractivity contribution in [2.45, 2.75) is 13.5 Å². The summed E-state index contributed by atoms with van der Waals surface area (Å²) in [6, 6.07) is 0. The number of hydrogen-bond donors (Lipinski definition) is 1. The molecule has 0 aliphatic rings. The van der Waals surface area contributed by atoms with Crippen molar-refractivity contribution < 1.29 is 4.74 Å². The smallest absolute Gasteiger partial charge is 0.185 e. The molecule has 0 aliphatic carbocycles. The molecule has 0 aliphatic heterocycles. The van der Waals surface area contributed by atoms with Crippen molar-refractivity contribution in [3.05, 3.63) is 11.1 Å². The van der Waals surface area contributed by atoms with Gasteiger partial charge < -0.3 is 15.0 Å². The summed E-state index contributed by atoms with van der Waals surface area (Å²) < 4.78 is 5.22. The molecule has 0 unspecified atom stereocenters. The average molecular weight is 298 g/mol. The third kappa shape index (κ3) is 3.23. The van der Waals surface area contributed by atoms with Gasteiger partial charge in [0.2, 0.25) is 0 Å². The lowest BCUT2D eigenvalue weighted by atomic mass is 10.3. The number of nitrogens with one attached hydrogen (secondary N) is 1. The number of ether oxygens (including phenoxy) is 1. The maximum atomic E-state index is 5.22. The van der Waals surface area contributed by atoms with Crippen LogP contribution in [0.1, 0.15) is 12.6 Å². The molecule has 19 heavy (non-hydrogen) atoms. The minimum Gasteiger partial charge on any atom is -0.378 e. The maximum Gasteiger partial charge on any atom is 0.185 e. The van der Waals surface area contributed by atoms with Gasteiger partial charge >= 0.3 is 0 Å². The molecule has 104 valence electrons. The average Bonchev–Trinajstić information content (AvgIpc) is 2.96. The monoisotopic (exact) mass is 298 g/mol. The molecule has 2 aromatic rings. The number of methoxy groups -OCH3 is 1. The molecule has 0 radical (unpaired) electrons. The van der Waals surface area contributed by atoms with E-state index in [4.69, 9.17) is 4.74 Å². The van der Waals surface area contributed by atoms with Gasteiger partial charge in [-0.05, 0) is 6.92 Å². The molecule has 2 rings (SSSR count). The molecule has 7 heteroatoms. The van der Waals surface area contributed by atoms with Gasteiger partial charge in [0.15, 0.2) is 10.3 Å². The Hall–Kier alpha value is -1.18. The second-order valence-electron chi connectivity index (χ2n) is 4.17. The minimum absolute atomic E-state index is 0.508. The van der Waals surface area contributed by atoms with Gasteiger partial charge in [0.05, 0.1) is 22.9 Å². The van der Waals surface area contributed by atoms with Crippen molar-refractivity contribution in [2.75, 3.05) is 38.0 Å². The third-order valence-electron chi connectivity index (χ3n) is 2.41. The van der Waals surface area contributed by atoms with Crippen LogP contribution in [0.3, 0.4) is 0 Å². The normalized spacial score (nSPS) is 10.7. The predicted molar refractivity (Wildman–Crippen MR) is 82.4 cm³/mol. The van der Waals surface area contributed by atoms with Crippen LogP contribution < -0.4 is 10.2 Å². The van der Waals surface area contributed by atoms with E-state index in [0.717, 1.165) is 33.1 Å². The maximum absolute atomic E-state index is 5.22. The van der Waals surface area contributed by atoms with Crippen molar-refractivity contribution >= 4 is 32.9 Å². The number of anilines is 2. The lowest BCUT2D eigenvalue weighted by Gasteiger charge is -2.05. The van der Waals surface area contributed by atoms with Gasteiger partial charge in [-0.15, -0.1) is 11.3 Å². The Kier molecular flexibility index (Phi) is 4.73. The zero-order valence-electron chi connectivity index (χ0n) is 11.6. The first kappa shape index (κ1) is 14.2. The SMILES string of the molecule is CCNc1nc(-c2sc(N(C)C)nc2COC)cs1. The van der Waals surface area contributed by atoms with Crippen molar-refractivity contribution in [3.63, 3.8) is 0 Å². The number of nitrogens with zero attached hydrogens (tertiary/aromatic N) is 3. The van der Waals surface area contributed by atoms with Crippen LogP contribution >= 0.6 is 22.7 Å². The fourth-order valence-corrected chi connectivity index (χ4v) is 3.38. The van der Waals surface area contributed by atoms with Gasteiger partial charge in [0.1, 0.15) is 0 Å². The fraction of sp³-hybridized carbons (Fsp3) is 0.500. The Balaban J connectivity index is 2.35. The van der Waals surface area contributed by atoms with Crippen LogP contribution in [0.15, 0.2) is 5.38 Å². The molecule has 2 heterocycles. The summed E-state index contributed by atoms with van der Waals surface area (Å²) in [4.78, 5) is 12.3. The Bertz CT molecular complexity index is 536. The van der Waals surface area contributed by atoms with E-state index in [1.54, 1.807) is 29.8 Å². The number of aromatic nitrogens is 2. The summed E-state index contributed by atoms with van der Waals surface area (Å²) in [5, 5.41) is 7.21. The zero-order chi connectivity index (χ0) is 13.8. The molecule has 5 nitrogen and oxygen atoms in total. The number of hydrogen-bond acceptors (Lipinski definition) is 7. The second kappa shape index (κ2) is 6.31. The van der Waals surface area contributed by atoms with E-state index >= 15 is 0 Å². The molecule has 2 aromatic heterocycles. The predicted octanol–water partition coefficient (Wildman–Crippen LogP) is 2.91.